The molecule has 0 atom stereocenters. The maximum absolute atomic E-state index is 14.9. The Bertz CT molecular complexity index is 1590. The van der Waals surface area contributed by atoms with Gasteiger partial charge in [-0.15, -0.1) is 0 Å². The molecule has 8 nitrogen and oxygen atoms in total. The van der Waals surface area contributed by atoms with E-state index in [4.69, 9.17) is 4.74 Å². The third kappa shape index (κ3) is 4.25. The number of benzene rings is 3. The normalized spacial score (nSPS) is 14.8. The van der Waals surface area contributed by atoms with Crippen molar-refractivity contribution in [2.75, 3.05) is 13.2 Å². The number of hydrogen-bond donors (Lipinski definition) is 3. The number of carbonyl (C=O) groups excluding carboxylic acids is 1. The van der Waals surface area contributed by atoms with Crippen molar-refractivity contribution in [3.05, 3.63) is 93.7 Å². The molecule has 0 bridgehead atoms. The molecule has 36 heavy (non-hydrogen) atoms. The Labute approximate surface area is 205 Å². The number of amidine groups is 1. The standard InChI is InChI=1S/C27H22FN5O3/c28-22-8-5-15(10-24-19-3-1-2-4-20(19)26(34)33-32-24)9-21(22)16-6-7-17-12-25(30-23(17)11-16)31-27(35)29-18-13-36-14-18/h1-9,11,18H,10,12-14H2,(H,33,34)(H2,29,30,31,35). The van der Waals surface area contributed by atoms with Crippen molar-refractivity contribution in [1.82, 2.24) is 20.8 Å². The minimum atomic E-state index is -0.347. The Balaban J connectivity index is 1.25. The van der Waals surface area contributed by atoms with Crippen molar-refractivity contribution in [1.29, 1.82) is 0 Å². The van der Waals surface area contributed by atoms with Crippen LogP contribution in [0.15, 0.2) is 70.5 Å². The molecule has 3 aromatic carbocycles. The fourth-order valence-electron chi connectivity index (χ4n) is 4.50. The number of rotatable bonds is 4. The van der Waals surface area contributed by atoms with Gasteiger partial charge in [-0.1, -0.05) is 36.4 Å². The van der Waals surface area contributed by atoms with E-state index >= 15 is 0 Å². The van der Waals surface area contributed by atoms with E-state index in [1.165, 1.54) is 6.07 Å². The van der Waals surface area contributed by atoms with Crippen LogP contribution in [0, 0.1) is 5.82 Å². The van der Waals surface area contributed by atoms with E-state index in [1.54, 1.807) is 18.2 Å². The molecule has 1 fully saturated rings. The van der Waals surface area contributed by atoms with Crippen LogP contribution in [0.4, 0.5) is 14.9 Å². The van der Waals surface area contributed by atoms with E-state index < -0.39 is 0 Å². The van der Waals surface area contributed by atoms with Crippen molar-refractivity contribution >= 4 is 28.3 Å². The number of aliphatic imine (C=N–C) groups is 1. The number of amides is 2. The van der Waals surface area contributed by atoms with Crippen molar-refractivity contribution in [2.45, 2.75) is 18.9 Å². The van der Waals surface area contributed by atoms with Crippen LogP contribution >= 0.6 is 0 Å². The Morgan fingerprint density at radius 3 is 2.72 bits per heavy atom. The summed E-state index contributed by atoms with van der Waals surface area (Å²) in [6.07, 6.45) is 0.931. The highest BCUT2D eigenvalue weighted by Gasteiger charge is 2.23. The quantitative estimate of drug-likeness (QED) is 0.412. The topological polar surface area (TPSA) is 108 Å². The lowest BCUT2D eigenvalue weighted by Gasteiger charge is -2.26. The van der Waals surface area contributed by atoms with E-state index in [0.717, 1.165) is 16.5 Å². The molecule has 3 heterocycles. The summed E-state index contributed by atoms with van der Waals surface area (Å²) in [7, 11) is 0. The van der Waals surface area contributed by atoms with Crippen LogP contribution in [0.3, 0.4) is 0 Å². The second-order valence-electron chi connectivity index (χ2n) is 8.95. The first-order valence-electron chi connectivity index (χ1n) is 11.6. The molecule has 1 aromatic heterocycles. The molecule has 0 unspecified atom stereocenters. The van der Waals surface area contributed by atoms with E-state index in [-0.39, 0.29) is 23.4 Å². The minimum Gasteiger partial charge on any atom is -0.377 e. The Hall–Kier alpha value is -4.37. The van der Waals surface area contributed by atoms with Gasteiger partial charge in [-0.2, -0.15) is 5.10 Å². The molecule has 0 radical (unpaired) electrons. The fourth-order valence-corrected chi connectivity index (χ4v) is 4.50. The van der Waals surface area contributed by atoms with E-state index in [9.17, 15) is 14.0 Å². The molecule has 9 heteroatoms. The highest BCUT2D eigenvalue weighted by atomic mass is 19.1. The Morgan fingerprint density at radius 2 is 1.92 bits per heavy atom. The largest absolute Gasteiger partial charge is 0.377 e. The van der Waals surface area contributed by atoms with E-state index in [0.29, 0.717) is 59.8 Å². The second kappa shape index (κ2) is 9.01. The number of urea groups is 1. The number of nitrogens with zero attached hydrogens (tertiary/aromatic N) is 2. The number of nitrogens with one attached hydrogen (secondary N) is 3. The second-order valence-corrected chi connectivity index (χ2v) is 8.95. The first kappa shape index (κ1) is 22.1. The molecule has 2 amide bonds. The van der Waals surface area contributed by atoms with Gasteiger partial charge in [0, 0.05) is 23.8 Å². The van der Waals surface area contributed by atoms with Gasteiger partial charge >= 0.3 is 6.03 Å². The van der Waals surface area contributed by atoms with Crippen molar-refractivity contribution < 1.29 is 13.9 Å². The van der Waals surface area contributed by atoms with Gasteiger partial charge in [-0.25, -0.2) is 19.3 Å². The van der Waals surface area contributed by atoms with Gasteiger partial charge < -0.3 is 10.1 Å². The van der Waals surface area contributed by atoms with Gasteiger partial charge in [-0.3, -0.25) is 10.1 Å². The number of H-pyrrole nitrogens is 1. The lowest BCUT2D eigenvalue weighted by molar-refractivity contribution is 0.000238. The van der Waals surface area contributed by atoms with Gasteiger partial charge in [0.2, 0.25) is 0 Å². The summed E-state index contributed by atoms with van der Waals surface area (Å²) in [5.41, 5.74) is 4.13. The molecule has 1 saturated heterocycles. The molecule has 3 N–H and O–H groups in total. The number of fused-ring (bicyclic) bond motifs is 2. The maximum atomic E-state index is 14.9. The molecule has 0 aliphatic carbocycles. The third-order valence-corrected chi connectivity index (χ3v) is 6.42. The highest BCUT2D eigenvalue weighted by molar-refractivity contribution is 6.02. The number of halogens is 1. The van der Waals surface area contributed by atoms with Gasteiger partial charge in [0.05, 0.1) is 36.0 Å². The van der Waals surface area contributed by atoms with Gasteiger partial charge in [0.15, 0.2) is 0 Å². The molecule has 180 valence electrons. The Morgan fingerprint density at radius 1 is 1.08 bits per heavy atom. The SMILES string of the molecule is O=C(NC1=Nc2cc(-c3cc(Cc4n[nH]c(=O)c5ccccc45)ccc3F)ccc2C1)NC1COC1. The van der Waals surface area contributed by atoms with Gasteiger partial charge in [0.25, 0.3) is 5.56 Å². The van der Waals surface area contributed by atoms with Crippen molar-refractivity contribution in [3.8, 4) is 11.1 Å². The van der Waals surface area contributed by atoms with Crippen molar-refractivity contribution in [3.63, 3.8) is 0 Å². The van der Waals surface area contributed by atoms with Crippen LogP contribution in [-0.2, 0) is 17.6 Å². The summed E-state index contributed by atoms with van der Waals surface area (Å²) in [6.45, 7) is 1.03. The van der Waals surface area contributed by atoms with Crippen LogP contribution in [0.5, 0.6) is 0 Å². The molecular formula is C27H22FN5O3. The molecule has 2 aliphatic rings. The number of ether oxygens (including phenoxy) is 1. The molecule has 4 aromatic rings. The summed E-state index contributed by atoms with van der Waals surface area (Å²) < 4.78 is 20.0. The van der Waals surface area contributed by atoms with Crippen LogP contribution in [0.25, 0.3) is 21.9 Å². The van der Waals surface area contributed by atoms with E-state index in [2.05, 4.69) is 25.8 Å². The van der Waals surface area contributed by atoms with Gasteiger partial charge in [-0.05, 0) is 41.0 Å². The van der Waals surface area contributed by atoms with Crippen LogP contribution < -0.4 is 16.2 Å². The predicted molar refractivity (Wildman–Crippen MR) is 134 cm³/mol. The Kier molecular flexibility index (Phi) is 5.54. The summed E-state index contributed by atoms with van der Waals surface area (Å²) in [5, 5.41) is 13.7. The number of hydrogen-bond acceptors (Lipinski definition) is 5. The number of carbonyl (C=O) groups is 1. The average Bonchev–Trinajstić information content (AvgIpc) is 3.26. The summed E-state index contributed by atoms with van der Waals surface area (Å²) in [5.74, 6) is 0.200. The van der Waals surface area contributed by atoms with Crippen LogP contribution in [-0.4, -0.2) is 41.3 Å². The monoisotopic (exact) mass is 483 g/mol. The maximum Gasteiger partial charge on any atom is 0.320 e. The van der Waals surface area contributed by atoms with Crippen LogP contribution in [0.1, 0.15) is 16.8 Å². The minimum absolute atomic E-state index is 0.0283. The predicted octanol–water partition coefficient (Wildman–Crippen LogP) is 3.60. The summed E-state index contributed by atoms with van der Waals surface area (Å²) >= 11 is 0. The summed E-state index contributed by atoms with van der Waals surface area (Å²) in [4.78, 5) is 28.8. The smallest absolute Gasteiger partial charge is 0.320 e. The lowest BCUT2D eigenvalue weighted by atomic mass is 9.97. The highest BCUT2D eigenvalue weighted by Crippen LogP contribution is 2.33. The van der Waals surface area contributed by atoms with Gasteiger partial charge in [0.1, 0.15) is 11.7 Å². The zero-order valence-corrected chi connectivity index (χ0v) is 19.2. The molecule has 0 saturated carbocycles. The number of aromatic amines is 1. The molecule has 6 rings (SSSR count). The first-order chi connectivity index (χ1) is 17.5. The first-order valence-corrected chi connectivity index (χ1v) is 11.6. The lowest BCUT2D eigenvalue weighted by Crippen LogP contribution is -2.52. The molecule has 0 spiro atoms. The molecule has 2 aliphatic heterocycles. The average molecular weight is 484 g/mol. The van der Waals surface area contributed by atoms with E-state index in [1.807, 2.05) is 36.4 Å². The third-order valence-electron chi connectivity index (χ3n) is 6.42. The number of aromatic nitrogens is 2. The molecular weight excluding hydrogens is 461 g/mol. The summed E-state index contributed by atoms with van der Waals surface area (Å²) in [6, 6.07) is 17.6. The fraction of sp³-hybridized carbons (Fsp3) is 0.185. The zero-order valence-electron chi connectivity index (χ0n) is 19.2. The van der Waals surface area contributed by atoms with Crippen LogP contribution in [0.2, 0.25) is 0 Å². The zero-order chi connectivity index (χ0) is 24.6. The van der Waals surface area contributed by atoms with Crippen molar-refractivity contribution in [2.24, 2.45) is 4.99 Å².